The number of furan rings is 1. The van der Waals surface area contributed by atoms with E-state index < -0.39 is 12.0 Å². The summed E-state index contributed by atoms with van der Waals surface area (Å²) in [5.74, 6) is -0.187. The Kier molecular flexibility index (Phi) is 5.73. The maximum Gasteiger partial charge on any atom is 0.321 e. The number of carbonyl (C=O) groups excluding carboxylic acids is 1. The van der Waals surface area contributed by atoms with Crippen molar-refractivity contribution in [3.05, 3.63) is 24.2 Å². The molecule has 18 heavy (non-hydrogen) atoms. The zero-order chi connectivity index (χ0) is 13.5. The number of hydrogen-bond acceptors (Lipinski definition) is 5. The summed E-state index contributed by atoms with van der Waals surface area (Å²) in [7, 11) is 0. The summed E-state index contributed by atoms with van der Waals surface area (Å²) in [6, 6.07) is 2.38. The molecule has 1 amide bonds. The summed E-state index contributed by atoms with van der Waals surface area (Å²) >= 11 is 1.19. The Hall–Kier alpha value is -1.47. The van der Waals surface area contributed by atoms with Crippen molar-refractivity contribution in [1.82, 2.24) is 5.32 Å². The number of rotatable bonds is 7. The van der Waals surface area contributed by atoms with Gasteiger partial charge in [-0.1, -0.05) is 0 Å². The van der Waals surface area contributed by atoms with Gasteiger partial charge in [0.05, 0.1) is 18.1 Å². The van der Waals surface area contributed by atoms with Crippen LogP contribution >= 0.6 is 11.8 Å². The van der Waals surface area contributed by atoms with Crippen molar-refractivity contribution in [3.63, 3.8) is 0 Å². The van der Waals surface area contributed by atoms with Crippen LogP contribution in [0.3, 0.4) is 0 Å². The Bertz CT molecular complexity index is 394. The molecule has 0 bridgehead atoms. The first-order valence-electron chi connectivity index (χ1n) is 5.39. The molecule has 0 aliphatic rings. The first-order valence-corrected chi connectivity index (χ1v) is 6.55. The van der Waals surface area contributed by atoms with Gasteiger partial charge < -0.3 is 20.6 Å². The molecule has 1 unspecified atom stereocenters. The number of carbonyl (C=O) groups is 2. The SMILES string of the molecule is CC(NC(=O)CSC[C@@H](N)C(=O)O)c1ccco1. The van der Waals surface area contributed by atoms with Gasteiger partial charge in [-0.15, -0.1) is 11.8 Å². The molecule has 0 radical (unpaired) electrons. The molecule has 0 aliphatic heterocycles. The van der Waals surface area contributed by atoms with Crippen molar-refractivity contribution in [1.29, 1.82) is 0 Å². The van der Waals surface area contributed by atoms with E-state index in [1.54, 1.807) is 18.4 Å². The van der Waals surface area contributed by atoms with Gasteiger partial charge in [0.1, 0.15) is 11.8 Å². The predicted octanol–water partition coefficient (Wildman–Crippen LogP) is 0.602. The van der Waals surface area contributed by atoms with E-state index in [1.807, 2.05) is 6.92 Å². The van der Waals surface area contributed by atoms with E-state index in [2.05, 4.69) is 5.32 Å². The Morgan fingerprint density at radius 1 is 1.61 bits per heavy atom. The van der Waals surface area contributed by atoms with Gasteiger partial charge in [-0.2, -0.15) is 0 Å². The lowest BCUT2D eigenvalue weighted by Crippen LogP contribution is -2.34. The monoisotopic (exact) mass is 272 g/mol. The Morgan fingerprint density at radius 2 is 2.33 bits per heavy atom. The minimum atomic E-state index is -1.06. The molecule has 100 valence electrons. The highest BCUT2D eigenvalue weighted by Gasteiger charge is 2.14. The van der Waals surface area contributed by atoms with Crippen LogP contribution in [0, 0.1) is 0 Å². The van der Waals surface area contributed by atoms with Crippen LogP contribution in [-0.2, 0) is 9.59 Å². The van der Waals surface area contributed by atoms with Gasteiger partial charge in [0.2, 0.25) is 5.91 Å². The summed E-state index contributed by atoms with van der Waals surface area (Å²) in [5.41, 5.74) is 5.31. The minimum absolute atomic E-state index is 0.173. The Balaban J connectivity index is 2.24. The maximum atomic E-state index is 11.5. The fourth-order valence-electron chi connectivity index (χ4n) is 1.24. The zero-order valence-corrected chi connectivity index (χ0v) is 10.8. The second-order valence-corrected chi connectivity index (χ2v) is 4.79. The summed E-state index contributed by atoms with van der Waals surface area (Å²) in [6.45, 7) is 1.81. The third kappa shape index (κ3) is 4.80. The van der Waals surface area contributed by atoms with Gasteiger partial charge in [0.15, 0.2) is 0 Å². The molecule has 1 heterocycles. The molecule has 0 saturated heterocycles. The molecule has 1 rings (SSSR count). The first-order chi connectivity index (χ1) is 8.50. The molecule has 0 aliphatic carbocycles. The molecule has 0 fully saturated rings. The smallest absolute Gasteiger partial charge is 0.321 e. The molecule has 2 atom stereocenters. The predicted molar refractivity (Wildman–Crippen MR) is 68.2 cm³/mol. The van der Waals surface area contributed by atoms with Crippen molar-refractivity contribution >= 4 is 23.6 Å². The lowest BCUT2D eigenvalue weighted by Gasteiger charge is -2.11. The third-order valence-electron chi connectivity index (χ3n) is 2.20. The molecule has 0 saturated carbocycles. The number of thioether (sulfide) groups is 1. The van der Waals surface area contributed by atoms with Crippen LogP contribution in [0.4, 0.5) is 0 Å². The highest BCUT2D eigenvalue weighted by Crippen LogP contribution is 2.12. The minimum Gasteiger partial charge on any atom is -0.480 e. The van der Waals surface area contributed by atoms with Crippen LogP contribution < -0.4 is 11.1 Å². The topological polar surface area (TPSA) is 106 Å². The van der Waals surface area contributed by atoms with Crippen molar-refractivity contribution < 1.29 is 19.1 Å². The van der Waals surface area contributed by atoms with E-state index in [0.29, 0.717) is 5.76 Å². The summed E-state index contributed by atoms with van der Waals surface area (Å²) < 4.78 is 5.15. The fraction of sp³-hybridized carbons (Fsp3) is 0.455. The van der Waals surface area contributed by atoms with E-state index in [4.69, 9.17) is 15.3 Å². The number of aliphatic carboxylic acids is 1. The number of hydrogen-bond donors (Lipinski definition) is 3. The first kappa shape index (κ1) is 14.6. The molecule has 7 heteroatoms. The molecule has 1 aromatic rings. The fourth-order valence-corrected chi connectivity index (χ4v) is 2.02. The largest absolute Gasteiger partial charge is 0.480 e. The second-order valence-electron chi connectivity index (χ2n) is 3.76. The molecule has 1 aromatic heterocycles. The van der Waals surface area contributed by atoms with Crippen LogP contribution in [0.5, 0.6) is 0 Å². The highest BCUT2D eigenvalue weighted by atomic mass is 32.2. The van der Waals surface area contributed by atoms with E-state index in [0.717, 1.165) is 0 Å². The van der Waals surface area contributed by atoms with E-state index >= 15 is 0 Å². The molecular formula is C11H16N2O4S. The van der Waals surface area contributed by atoms with Crippen LogP contribution in [0.1, 0.15) is 18.7 Å². The van der Waals surface area contributed by atoms with Crippen molar-refractivity contribution in [3.8, 4) is 0 Å². The molecular weight excluding hydrogens is 256 g/mol. The standard InChI is InChI=1S/C11H16N2O4S/c1-7(9-3-2-4-17-9)13-10(14)6-18-5-8(12)11(15)16/h2-4,7-8H,5-6,12H2,1H3,(H,13,14)(H,15,16)/t7?,8-/m1/s1. The Labute approximate surface area is 109 Å². The van der Waals surface area contributed by atoms with Crippen LogP contribution in [0.15, 0.2) is 22.8 Å². The molecule has 0 spiro atoms. The zero-order valence-electron chi connectivity index (χ0n) is 9.96. The van der Waals surface area contributed by atoms with E-state index in [1.165, 1.54) is 11.8 Å². The van der Waals surface area contributed by atoms with Gasteiger partial charge in [-0.3, -0.25) is 9.59 Å². The van der Waals surface area contributed by atoms with Crippen LogP contribution in [-0.4, -0.2) is 34.5 Å². The van der Waals surface area contributed by atoms with Crippen LogP contribution in [0.25, 0.3) is 0 Å². The van der Waals surface area contributed by atoms with Gasteiger partial charge >= 0.3 is 5.97 Å². The molecule has 0 aromatic carbocycles. The summed E-state index contributed by atoms with van der Waals surface area (Å²) in [5, 5.41) is 11.3. The van der Waals surface area contributed by atoms with Gasteiger partial charge in [0.25, 0.3) is 0 Å². The van der Waals surface area contributed by atoms with Gasteiger partial charge in [-0.25, -0.2) is 0 Å². The second kappa shape index (κ2) is 7.07. The summed E-state index contributed by atoms with van der Waals surface area (Å²) in [6.07, 6.45) is 1.54. The third-order valence-corrected chi connectivity index (χ3v) is 3.26. The molecule has 4 N–H and O–H groups in total. The Morgan fingerprint density at radius 3 is 2.89 bits per heavy atom. The highest BCUT2D eigenvalue weighted by molar-refractivity contribution is 8.00. The number of carboxylic acid groups (broad SMARTS) is 1. The maximum absolute atomic E-state index is 11.5. The average Bonchev–Trinajstić information content (AvgIpc) is 2.81. The van der Waals surface area contributed by atoms with Crippen molar-refractivity contribution in [2.75, 3.05) is 11.5 Å². The number of nitrogens with one attached hydrogen (secondary N) is 1. The number of carboxylic acids is 1. The summed E-state index contributed by atoms with van der Waals surface area (Å²) in [4.78, 5) is 22.0. The molecule has 6 nitrogen and oxygen atoms in total. The van der Waals surface area contributed by atoms with Gasteiger partial charge in [0, 0.05) is 5.75 Å². The van der Waals surface area contributed by atoms with E-state index in [-0.39, 0.29) is 23.5 Å². The van der Waals surface area contributed by atoms with Gasteiger partial charge in [-0.05, 0) is 19.1 Å². The quantitative estimate of drug-likeness (QED) is 0.671. The lowest BCUT2D eigenvalue weighted by molar-refractivity contribution is -0.138. The van der Waals surface area contributed by atoms with Crippen molar-refractivity contribution in [2.45, 2.75) is 19.0 Å². The number of nitrogens with two attached hydrogens (primary N) is 1. The van der Waals surface area contributed by atoms with Crippen LogP contribution in [0.2, 0.25) is 0 Å². The lowest BCUT2D eigenvalue weighted by atomic mass is 10.2. The normalized spacial score (nSPS) is 13.9. The van der Waals surface area contributed by atoms with Crippen molar-refractivity contribution in [2.24, 2.45) is 5.73 Å². The number of amides is 1. The van der Waals surface area contributed by atoms with E-state index in [9.17, 15) is 9.59 Å². The average molecular weight is 272 g/mol.